The number of rotatable bonds is 1. The van der Waals surface area contributed by atoms with Crippen LogP contribution in [0.1, 0.15) is 30.9 Å². The van der Waals surface area contributed by atoms with Crippen molar-refractivity contribution in [3.05, 3.63) is 35.4 Å². The molecule has 0 aromatic heterocycles. The number of benzene rings is 1. The van der Waals surface area contributed by atoms with Gasteiger partial charge in [0, 0.05) is 11.8 Å². The Balaban J connectivity index is 2.36. The van der Waals surface area contributed by atoms with E-state index < -0.39 is 0 Å². The van der Waals surface area contributed by atoms with Gasteiger partial charge in [0.25, 0.3) is 0 Å². The van der Waals surface area contributed by atoms with E-state index in [-0.39, 0.29) is 0 Å². The van der Waals surface area contributed by atoms with Gasteiger partial charge in [-0.05, 0) is 37.8 Å². The van der Waals surface area contributed by atoms with Gasteiger partial charge in [0.2, 0.25) is 0 Å². The molecule has 1 unspecified atom stereocenters. The van der Waals surface area contributed by atoms with Crippen LogP contribution in [-0.4, -0.2) is 11.8 Å². The molecular weight excluding hydrogens is 158 g/mol. The molecule has 1 aromatic carbocycles. The molecule has 1 atom stereocenters. The topological polar surface area (TPSA) is 12.4 Å². The van der Waals surface area contributed by atoms with Crippen molar-refractivity contribution < 1.29 is 0 Å². The Morgan fingerprint density at radius 1 is 1.31 bits per heavy atom. The van der Waals surface area contributed by atoms with E-state index in [9.17, 15) is 0 Å². The van der Waals surface area contributed by atoms with Gasteiger partial charge >= 0.3 is 0 Å². The van der Waals surface area contributed by atoms with Crippen molar-refractivity contribution in [2.45, 2.75) is 32.7 Å². The SMILES string of the molecule is Cc1ccccc1C1=NC(C)CC1. The van der Waals surface area contributed by atoms with Crippen LogP contribution in [0.3, 0.4) is 0 Å². The molecule has 0 spiro atoms. The lowest BCUT2D eigenvalue weighted by molar-refractivity contribution is 0.739. The fourth-order valence-corrected chi connectivity index (χ4v) is 1.84. The lowest BCUT2D eigenvalue weighted by Crippen LogP contribution is -1.98. The molecule has 0 fully saturated rings. The minimum absolute atomic E-state index is 0.523. The van der Waals surface area contributed by atoms with Gasteiger partial charge in [0.05, 0.1) is 0 Å². The third-order valence-corrected chi connectivity index (χ3v) is 2.63. The Labute approximate surface area is 79.5 Å². The van der Waals surface area contributed by atoms with Gasteiger partial charge in [0.15, 0.2) is 0 Å². The highest BCUT2D eigenvalue weighted by Crippen LogP contribution is 2.20. The van der Waals surface area contributed by atoms with E-state index in [0.29, 0.717) is 6.04 Å². The molecule has 68 valence electrons. The van der Waals surface area contributed by atoms with Crippen molar-refractivity contribution in [3.8, 4) is 0 Å². The lowest BCUT2D eigenvalue weighted by atomic mass is 10.0. The molecule has 1 heteroatoms. The first-order chi connectivity index (χ1) is 6.27. The molecule has 2 rings (SSSR count). The molecule has 0 aliphatic carbocycles. The molecule has 1 aromatic rings. The predicted octanol–water partition coefficient (Wildman–Crippen LogP) is 2.97. The smallest absolute Gasteiger partial charge is 0.0478 e. The average Bonchev–Trinajstić information content (AvgIpc) is 2.53. The zero-order valence-corrected chi connectivity index (χ0v) is 8.25. The van der Waals surface area contributed by atoms with Crippen LogP contribution in [0.15, 0.2) is 29.3 Å². The van der Waals surface area contributed by atoms with Crippen molar-refractivity contribution in [3.63, 3.8) is 0 Å². The van der Waals surface area contributed by atoms with Crippen molar-refractivity contribution >= 4 is 5.71 Å². The maximum absolute atomic E-state index is 4.64. The number of hydrogen-bond acceptors (Lipinski definition) is 1. The molecule has 1 heterocycles. The Hall–Kier alpha value is -1.11. The van der Waals surface area contributed by atoms with Crippen LogP contribution >= 0.6 is 0 Å². The molecule has 13 heavy (non-hydrogen) atoms. The summed E-state index contributed by atoms with van der Waals surface area (Å²) in [6.07, 6.45) is 2.36. The monoisotopic (exact) mass is 173 g/mol. The van der Waals surface area contributed by atoms with Crippen molar-refractivity contribution in [2.75, 3.05) is 0 Å². The van der Waals surface area contributed by atoms with Crippen LogP contribution in [0, 0.1) is 6.92 Å². The van der Waals surface area contributed by atoms with Crippen LogP contribution in [0.2, 0.25) is 0 Å². The van der Waals surface area contributed by atoms with Crippen molar-refractivity contribution in [1.29, 1.82) is 0 Å². The molecule has 0 saturated heterocycles. The van der Waals surface area contributed by atoms with Gasteiger partial charge in [-0.2, -0.15) is 0 Å². The van der Waals surface area contributed by atoms with Crippen LogP contribution in [0.5, 0.6) is 0 Å². The van der Waals surface area contributed by atoms with Gasteiger partial charge in [-0.15, -0.1) is 0 Å². The number of aryl methyl sites for hydroxylation is 1. The summed E-state index contributed by atoms with van der Waals surface area (Å²) in [5.41, 5.74) is 3.98. The average molecular weight is 173 g/mol. The first-order valence-corrected chi connectivity index (χ1v) is 4.90. The highest BCUT2D eigenvalue weighted by molar-refractivity contribution is 6.02. The van der Waals surface area contributed by atoms with E-state index in [2.05, 4.69) is 43.1 Å². The third kappa shape index (κ3) is 1.64. The van der Waals surface area contributed by atoms with E-state index >= 15 is 0 Å². The number of aliphatic imine (C=N–C) groups is 1. The quantitative estimate of drug-likeness (QED) is 0.619. The standard InChI is InChI=1S/C12H15N/c1-9-5-3-4-6-11(9)12-8-7-10(2)13-12/h3-6,10H,7-8H2,1-2H3. The first-order valence-electron chi connectivity index (χ1n) is 4.90. The molecule has 0 N–H and O–H groups in total. The van der Waals surface area contributed by atoms with E-state index in [1.54, 1.807) is 0 Å². The fraction of sp³-hybridized carbons (Fsp3) is 0.417. The maximum Gasteiger partial charge on any atom is 0.0478 e. The third-order valence-electron chi connectivity index (χ3n) is 2.63. The van der Waals surface area contributed by atoms with E-state index in [1.807, 2.05) is 0 Å². The fourth-order valence-electron chi connectivity index (χ4n) is 1.84. The van der Waals surface area contributed by atoms with Crippen molar-refractivity contribution in [1.82, 2.24) is 0 Å². The molecule has 0 amide bonds. The summed E-state index contributed by atoms with van der Waals surface area (Å²) in [5, 5.41) is 0. The molecular formula is C12H15N. The van der Waals surface area contributed by atoms with Gasteiger partial charge in [0.1, 0.15) is 0 Å². The number of nitrogens with zero attached hydrogens (tertiary/aromatic N) is 1. The van der Waals surface area contributed by atoms with E-state index in [4.69, 9.17) is 0 Å². The Morgan fingerprint density at radius 3 is 2.69 bits per heavy atom. The molecule has 0 saturated carbocycles. The van der Waals surface area contributed by atoms with E-state index in [0.717, 1.165) is 6.42 Å². The summed E-state index contributed by atoms with van der Waals surface area (Å²) in [6.45, 7) is 4.34. The molecule has 1 nitrogen and oxygen atoms in total. The molecule has 0 bridgehead atoms. The maximum atomic E-state index is 4.64. The molecule has 1 aliphatic rings. The van der Waals surface area contributed by atoms with Crippen LogP contribution in [-0.2, 0) is 0 Å². The Kier molecular flexibility index (Phi) is 2.17. The highest BCUT2D eigenvalue weighted by atomic mass is 14.8. The highest BCUT2D eigenvalue weighted by Gasteiger charge is 2.15. The molecule has 0 radical (unpaired) electrons. The minimum atomic E-state index is 0.523. The Morgan fingerprint density at radius 2 is 2.08 bits per heavy atom. The second kappa shape index (κ2) is 3.33. The minimum Gasteiger partial charge on any atom is -0.286 e. The predicted molar refractivity (Wildman–Crippen MR) is 56.4 cm³/mol. The normalized spacial score (nSPS) is 21.7. The summed E-state index contributed by atoms with van der Waals surface area (Å²) in [4.78, 5) is 4.64. The van der Waals surface area contributed by atoms with Gasteiger partial charge in [-0.1, -0.05) is 24.3 Å². The van der Waals surface area contributed by atoms with Crippen LogP contribution in [0.25, 0.3) is 0 Å². The van der Waals surface area contributed by atoms with Gasteiger partial charge < -0.3 is 0 Å². The number of hydrogen-bond donors (Lipinski definition) is 0. The van der Waals surface area contributed by atoms with Crippen molar-refractivity contribution in [2.24, 2.45) is 4.99 Å². The zero-order valence-electron chi connectivity index (χ0n) is 8.25. The van der Waals surface area contributed by atoms with Crippen LogP contribution in [0.4, 0.5) is 0 Å². The van der Waals surface area contributed by atoms with Crippen LogP contribution < -0.4 is 0 Å². The van der Waals surface area contributed by atoms with Gasteiger partial charge in [-0.25, -0.2) is 0 Å². The second-order valence-corrected chi connectivity index (χ2v) is 3.78. The first kappa shape index (κ1) is 8.49. The Bertz CT molecular complexity index is 339. The molecule has 1 aliphatic heterocycles. The summed E-state index contributed by atoms with van der Waals surface area (Å²) in [6, 6.07) is 9.02. The summed E-state index contributed by atoms with van der Waals surface area (Å²) in [7, 11) is 0. The summed E-state index contributed by atoms with van der Waals surface area (Å²) < 4.78 is 0. The lowest BCUT2D eigenvalue weighted by Gasteiger charge is -2.03. The second-order valence-electron chi connectivity index (χ2n) is 3.78. The summed E-state index contributed by atoms with van der Waals surface area (Å²) >= 11 is 0. The van der Waals surface area contributed by atoms with Gasteiger partial charge in [-0.3, -0.25) is 4.99 Å². The zero-order chi connectivity index (χ0) is 9.26. The summed E-state index contributed by atoms with van der Waals surface area (Å²) in [5.74, 6) is 0. The van der Waals surface area contributed by atoms with E-state index in [1.165, 1.54) is 23.3 Å². The largest absolute Gasteiger partial charge is 0.286 e.